The van der Waals surface area contributed by atoms with Crippen molar-refractivity contribution in [3.63, 3.8) is 0 Å². The third kappa shape index (κ3) is 3.15. The van der Waals surface area contributed by atoms with Crippen LogP contribution in [-0.2, 0) is 5.60 Å². The molecule has 160 valence electrons. The molecule has 0 unspecified atom stereocenters. The molecule has 2 aromatic heterocycles. The molecule has 5 aromatic rings. The second-order valence-corrected chi connectivity index (χ2v) is 8.81. The number of hydrogen-bond acceptors (Lipinski definition) is 4. The van der Waals surface area contributed by atoms with Gasteiger partial charge in [-0.3, -0.25) is 5.10 Å². The molecule has 1 aliphatic rings. The Balaban J connectivity index is 1.28. The average Bonchev–Trinajstić information content (AvgIpc) is 3.44. The number of H-pyrrole nitrogens is 2. The molecule has 1 fully saturated rings. The lowest BCUT2D eigenvalue weighted by Crippen LogP contribution is -2.42. The van der Waals surface area contributed by atoms with Crippen LogP contribution in [0.4, 0.5) is 5.69 Å². The van der Waals surface area contributed by atoms with E-state index >= 15 is 0 Å². The molecule has 1 saturated heterocycles. The molecule has 0 bridgehead atoms. The second-order valence-electron chi connectivity index (χ2n) is 8.41. The third-order valence-electron chi connectivity index (χ3n) is 6.50. The number of benzene rings is 3. The lowest BCUT2D eigenvalue weighted by atomic mass is 9.84. The maximum absolute atomic E-state index is 11.1. The first-order valence-corrected chi connectivity index (χ1v) is 11.1. The number of rotatable bonds is 3. The van der Waals surface area contributed by atoms with Gasteiger partial charge in [-0.1, -0.05) is 54.1 Å². The molecule has 0 saturated carbocycles. The topological polar surface area (TPSA) is 80.8 Å². The Kier molecular flexibility index (Phi) is 4.45. The molecule has 7 heteroatoms. The van der Waals surface area contributed by atoms with Crippen LogP contribution in [0.3, 0.4) is 0 Å². The molecule has 0 amide bonds. The first-order valence-electron chi connectivity index (χ1n) is 10.8. The van der Waals surface area contributed by atoms with Gasteiger partial charge in [-0.25, -0.2) is 4.98 Å². The van der Waals surface area contributed by atoms with Crippen molar-refractivity contribution in [3.05, 3.63) is 77.3 Å². The maximum atomic E-state index is 11.1. The van der Waals surface area contributed by atoms with Crippen LogP contribution >= 0.6 is 11.6 Å². The molecule has 3 heterocycles. The smallest absolute Gasteiger partial charge is 0.157 e. The Morgan fingerprint density at radius 1 is 0.969 bits per heavy atom. The van der Waals surface area contributed by atoms with E-state index in [2.05, 4.69) is 32.2 Å². The molecule has 1 aliphatic heterocycles. The van der Waals surface area contributed by atoms with E-state index in [4.69, 9.17) is 16.6 Å². The van der Waals surface area contributed by atoms with E-state index in [0.29, 0.717) is 17.9 Å². The number of aromatic nitrogens is 4. The fourth-order valence-corrected chi connectivity index (χ4v) is 4.88. The number of nitrogens with zero attached hydrogens (tertiary/aromatic N) is 3. The van der Waals surface area contributed by atoms with Crippen LogP contribution in [0.1, 0.15) is 18.4 Å². The Hall–Kier alpha value is -3.35. The Bertz CT molecular complexity index is 1420. The minimum absolute atomic E-state index is 0.615. The van der Waals surface area contributed by atoms with Gasteiger partial charge < -0.3 is 15.0 Å². The van der Waals surface area contributed by atoms with Crippen molar-refractivity contribution in [1.82, 2.24) is 20.2 Å². The van der Waals surface area contributed by atoms with Crippen LogP contribution in [0, 0.1) is 0 Å². The van der Waals surface area contributed by atoms with E-state index < -0.39 is 5.60 Å². The molecular formula is C25H22ClN5O. The standard InChI is InChI=1S/C25H22ClN5O/c26-19-8-4-7-18-22(19)29-30-23(18)24-27-20-10-9-17(15-21(20)28-24)31-13-11-25(32,12-14-31)16-5-2-1-3-6-16/h1-10,15,32H,11-14H2,(H,27,28)(H,29,30). The lowest BCUT2D eigenvalue weighted by molar-refractivity contribution is 0.0118. The summed E-state index contributed by atoms with van der Waals surface area (Å²) in [6.45, 7) is 1.59. The number of hydrogen-bond donors (Lipinski definition) is 3. The SMILES string of the molecule is OC1(c2ccccc2)CCN(c2ccc3nc(-c4[nH]nc5c(Cl)cccc45)[nH]c3c2)CC1. The summed E-state index contributed by atoms with van der Waals surface area (Å²) in [6, 6.07) is 22.0. The predicted molar refractivity (Wildman–Crippen MR) is 128 cm³/mol. The molecule has 3 aromatic carbocycles. The highest BCUT2D eigenvalue weighted by Gasteiger charge is 2.34. The molecule has 6 rings (SSSR count). The van der Waals surface area contributed by atoms with Crippen molar-refractivity contribution in [2.24, 2.45) is 0 Å². The van der Waals surface area contributed by atoms with Gasteiger partial charge in [-0.2, -0.15) is 5.10 Å². The average molecular weight is 444 g/mol. The maximum Gasteiger partial charge on any atom is 0.157 e. The van der Waals surface area contributed by atoms with Crippen molar-refractivity contribution >= 4 is 39.2 Å². The van der Waals surface area contributed by atoms with E-state index in [0.717, 1.165) is 57.8 Å². The molecular weight excluding hydrogens is 422 g/mol. The van der Waals surface area contributed by atoms with Gasteiger partial charge in [0, 0.05) is 24.2 Å². The summed E-state index contributed by atoms with van der Waals surface area (Å²) in [5.41, 5.74) is 4.79. The Morgan fingerprint density at radius 3 is 2.59 bits per heavy atom. The van der Waals surface area contributed by atoms with Gasteiger partial charge in [-0.15, -0.1) is 0 Å². The van der Waals surface area contributed by atoms with Gasteiger partial charge in [-0.05, 0) is 42.7 Å². The lowest BCUT2D eigenvalue weighted by Gasteiger charge is -2.39. The Labute approximate surface area is 189 Å². The monoisotopic (exact) mass is 443 g/mol. The highest BCUT2D eigenvalue weighted by Crippen LogP contribution is 2.35. The molecule has 3 N–H and O–H groups in total. The quantitative estimate of drug-likeness (QED) is 0.356. The molecule has 0 atom stereocenters. The van der Waals surface area contributed by atoms with E-state index in [-0.39, 0.29) is 0 Å². The van der Waals surface area contributed by atoms with Gasteiger partial charge in [0.15, 0.2) is 5.82 Å². The highest BCUT2D eigenvalue weighted by atomic mass is 35.5. The fraction of sp³-hybridized carbons (Fsp3) is 0.200. The van der Waals surface area contributed by atoms with E-state index in [1.165, 1.54) is 0 Å². The number of anilines is 1. The number of para-hydroxylation sites is 1. The summed E-state index contributed by atoms with van der Waals surface area (Å²) in [5.74, 6) is 0.735. The van der Waals surface area contributed by atoms with E-state index in [1.807, 2.05) is 54.6 Å². The van der Waals surface area contributed by atoms with E-state index in [1.54, 1.807) is 0 Å². The Morgan fingerprint density at radius 2 is 1.78 bits per heavy atom. The number of piperidine rings is 1. The summed E-state index contributed by atoms with van der Waals surface area (Å²) < 4.78 is 0. The first kappa shape index (κ1) is 19.3. The van der Waals surface area contributed by atoms with Crippen molar-refractivity contribution < 1.29 is 5.11 Å². The van der Waals surface area contributed by atoms with Crippen LogP contribution in [0.25, 0.3) is 33.5 Å². The second kappa shape index (κ2) is 7.36. The zero-order valence-electron chi connectivity index (χ0n) is 17.3. The van der Waals surface area contributed by atoms with Crippen LogP contribution in [-0.4, -0.2) is 38.4 Å². The van der Waals surface area contributed by atoms with Crippen LogP contribution in [0.2, 0.25) is 5.02 Å². The number of aliphatic hydroxyl groups is 1. The van der Waals surface area contributed by atoms with Crippen LogP contribution in [0.15, 0.2) is 66.7 Å². The van der Waals surface area contributed by atoms with Gasteiger partial charge in [0.1, 0.15) is 11.2 Å². The van der Waals surface area contributed by atoms with E-state index in [9.17, 15) is 5.11 Å². The molecule has 0 aliphatic carbocycles. The summed E-state index contributed by atoms with van der Waals surface area (Å²) in [5, 5.41) is 20.1. The number of imidazole rings is 1. The van der Waals surface area contributed by atoms with Crippen molar-refractivity contribution in [3.8, 4) is 11.5 Å². The third-order valence-corrected chi connectivity index (χ3v) is 6.81. The van der Waals surface area contributed by atoms with Crippen molar-refractivity contribution in [1.29, 1.82) is 0 Å². The fourth-order valence-electron chi connectivity index (χ4n) is 4.67. The van der Waals surface area contributed by atoms with Crippen molar-refractivity contribution in [2.45, 2.75) is 18.4 Å². The molecule has 32 heavy (non-hydrogen) atoms. The van der Waals surface area contributed by atoms with Crippen LogP contribution in [0.5, 0.6) is 0 Å². The number of fused-ring (bicyclic) bond motifs is 2. The van der Waals surface area contributed by atoms with Crippen LogP contribution < -0.4 is 4.90 Å². The zero-order valence-corrected chi connectivity index (χ0v) is 18.1. The summed E-state index contributed by atoms with van der Waals surface area (Å²) in [4.78, 5) is 10.5. The molecule has 6 nitrogen and oxygen atoms in total. The minimum Gasteiger partial charge on any atom is -0.385 e. The number of nitrogens with one attached hydrogen (secondary N) is 2. The number of halogens is 1. The molecule has 0 spiro atoms. The normalized spacial score (nSPS) is 16.1. The first-order chi connectivity index (χ1) is 15.6. The summed E-state index contributed by atoms with van der Waals surface area (Å²) in [6.07, 6.45) is 1.40. The van der Waals surface area contributed by atoms with Gasteiger partial charge in [0.25, 0.3) is 0 Å². The molecule has 0 radical (unpaired) electrons. The van der Waals surface area contributed by atoms with Gasteiger partial charge >= 0.3 is 0 Å². The summed E-state index contributed by atoms with van der Waals surface area (Å²) in [7, 11) is 0. The summed E-state index contributed by atoms with van der Waals surface area (Å²) >= 11 is 6.27. The minimum atomic E-state index is -0.758. The largest absolute Gasteiger partial charge is 0.385 e. The highest BCUT2D eigenvalue weighted by molar-refractivity contribution is 6.35. The number of aromatic amines is 2. The zero-order chi connectivity index (χ0) is 21.7. The van der Waals surface area contributed by atoms with Gasteiger partial charge in [0.05, 0.1) is 21.7 Å². The van der Waals surface area contributed by atoms with Gasteiger partial charge in [0.2, 0.25) is 0 Å². The predicted octanol–water partition coefficient (Wildman–Crippen LogP) is 5.25. The van der Waals surface area contributed by atoms with Crippen molar-refractivity contribution in [2.75, 3.05) is 18.0 Å².